The van der Waals surface area contributed by atoms with Crippen molar-refractivity contribution >= 4 is 17.5 Å². The maximum Gasteiger partial charge on any atom is 0.246 e. The number of hydrogen-bond acceptors (Lipinski definition) is 3. The second-order valence-electron chi connectivity index (χ2n) is 5.02. The van der Waals surface area contributed by atoms with E-state index in [0.717, 1.165) is 12.8 Å². The van der Waals surface area contributed by atoms with Gasteiger partial charge in [-0.1, -0.05) is 19.3 Å². The molecule has 106 valence electrons. The van der Waals surface area contributed by atoms with E-state index in [2.05, 4.69) is 5.32 Å². The van der Waals surface area contributed by atoms with Crippen molar-refractivity contribution < 1.29 is 14.3 Å². The summed E-state index contributed by atoms with van der Waals surface area (Å²) in [7, 11) is 1.61. The van der Waals surface area contributed by atoms with Crippen molar-refractivity contribution in [3.05, 3.63) is 0 Å². The van der Waals surface area contributed by atoms with Gasteiger partial charge in [-0.05, 0) is 12.8 Å². The van der Waals surface area contributed by atoms with Gasteiger partial charge in [0.15, 0.2) is 0 Å². The minimum absolute atomic E-state index is 0.0684. The fraction of sp³-hybridized carbons (Fsp3) is 0.923. The van der Waals surface area contributed by atoms with Crippen molar-refractivity contribution in [3.63, 3.8) is 0 Å². The molecule has 1 N–H and O–H groups in total. The van der Waals surface area contributed by atoms with E-state index in [1.165, 1.54) is 19.3 Å². The molecule has 0 unspecified atom stereocenters. The van der Waals surface area contributed by atoms with Crippen LogP contribution in [0.3, 0.4) is 0 Å². The minimum Gasteiger partial charge on any atom is -0.382 e. The molecule has 0 radical (unpaired) electrons. The summed E-state index contributed by atoms with van der Waals surface area (Å²) in [5, 5.41) is 2.93. The number of methoxy groups -OCH3 is 1. The molecule has 0 heterocycles. The van der Waals surface area contributed by atoms with Crippen LogP contribution in [0.15, 0.2) is 0 Å². The van der Waals surface area contributed by atoms with Crippen LogP contribution in [-0.2, 0) is 14.3 Å². The predicted molar refractivity (Wildman–Crippen MR) is 71.9 cm³/mol. The number of alkyl halides is 1. The van der Waals surface area contributed by atoms with Gasteiger partial charge >= 0.3 is 0 Å². The van der Waals surface area contributed by atoms with Crippen LogP contribution in [0, 0.1) is 5.41 Å². The number of carbonyl (C=O) groups is 1. The summed E-state index contributed by atoms with van der Waals surface area (Å²) in [5.74, 6) is 0.554. The molecular formula is C13H24ClNO3. The van der Waals surface area contributed by atoms with E-state index in [9.17, 15) is 4.79 Å². The van der Waals surface area contributed by atoms with Gasteiger partial charge in [-0.25, -0.2) is 0 Å². The van der Waals surface area contributed by atoms with E-state index >= 15 is 0 Å². The van der Waals surface area contributed by atoms with E-state index in [1.54, 1.807) is 7.11 Å². The molecule has 0 bridgehead atoms. The van der Waals surface area contributed by atoms with E-state index in [1.807, 2.05) is 0 Å². The summed E-state index contributed by atoms with van der Waals surface area (Å²) in [6.45, 7) is 1.73. The molecule has 1 aliphatic rings. The average Bonchev–Trinajstić information content (AvgIpc) is 2.42. The Morgan fingerprint density at radius 3 is 2.61 bits per heavy atom. The number of halogens is 1. The maximum atomic E-state index is 11.6. The molecule has 1 saturated carbocycles. The molecule has 0 atom stereocenters. The van der Waals surface area contributed by atoms with Gasteiger partial charge in [0, 0.05) is 24.9 Å². The van der Waals surface area contributed by atoms with Crippen LogP contribution in [0.2, 0.25) is 0 Å². The maximum absolute atomic E-state index is 11.6. The lowest BCUT2D eigenvalue weighted by atomic mass is 9.75. The Bertz CT molecular complexity index is 242. The van der Waals surface area contributed by atoms with E-state index in [0.29, 0.717) is 25.6 Å². The zero-order valence-electron chi connectivity index (χ0n) is 11.2. The monoisotopic (exact) mass is 277 g/mol. The lowest BCUT2D eigenvalue weighted by Gasteiger charge is -2.35. The second-order valence-corrected chi connectivity index (χ2v) is 5.28. The third-order valence-corrected chi connectivity index (χ3v) is 4.09. The van der Waals surface area contributed by atoms with Crippen LogP contribution >= 0.6 is 11.6 Å². The Balaban J connectivity index is 2.19. The largest absolute Gasteiger partial charge is 0.382 e. The van der Waals surface area contributed by atoms with Gasteiger partial charge in [-0.3, -0.25) is 4.79 Å². The van der Waals surface area contributed by atoms with Crippen LogP contribution in [0.25, 0.3) is 0 Å². The molecule has 0 aromatic heterocycles. The number of amides is 1. The van der Waals surface area contributed by atoms with Crippen molar-refractivity contribution in [1.82, 2.24) is 5.32 Å². The molecule has 1 aliphatic carbocycles. The van der Waals surface area contributed by atoms with E-state index < -0.39 is 0 Å². The number of hydrogen-bond donors (Lipinski definition) is 1. The SMILES string of the molecule is COCCOCC(=O)NCC1(CCl)CCCCC1. The van der Waals surface area contributed by atoms with Crippen molar-refractivity contribution in [2.75, 3.05) is 39.4 Å². The molecule has 0 spiro atoms. The molecule has 1 amide bonds. The highest BCUT2D eigenvalue weighted by molar-refractivity contribution is 6.18. The predicted octanol–water partition coefficient (Wildman–Crippen LogP) is 1.95. The Labute approximate surface area is 114 Å². The number of nitrogens with one attached hydrogen (secondary N) is 1. The van der Waals surface area contributed by atoms with Gasteiger partial charge in [0.25, 0.3) is 0 Å². The molecule has 5 heteroatoms. The molecular weight excluding hydrogens is 254 g/mol. The average molecular weight is 278 g/mol. The highest BCUT2D eigenvalue weighted by Gasteiger charge is 2.31. The summed E-state index contributed by atoms with van der Waals surface area (Å²) in [6, 6.07) is 0. The lowest BCUT2D eigenvalue weighted by molar-refractivity contribution is -0.126. The Kier molecular flexibility index (Phi) is 7.63. The zero-order valence-corrected chi connectivity index (χ0v) is 11.9. The molecule has 0 aromatic carbocycles. The van der Waals surface area contributed by atoms with Gasteiger partial charge in [0.05, 0.1) is 13.2 Å². The smallest absolute Gasteiger partial charge is 0.246 e. The Hall–Kier alpha value is -0.320. The molecule has 1 fully saturated rings. The topological polar surface area (TPSA) is 47.6 Å². The standard InChI is InChI=1S/C13H24ClNO3/c1-17-7-8-18-9-12(16)15-11-13(10-14)5-3-2-4-6-13/h2-11H2,1H3,(H,15,16). The first kappa shape index (κ1) is 15.7. The van der Waals surface area contributed by atoms with E-state index in [4.69, 9.17) is 21.1 Å². The van der Waals surface area contributed by atoms with Crippen LogP contribution in [0.5, 0.6) is 0 Å². The van der Waals surface area contributed by atoms with Crippen molar-refractivity contribution in [2.45, 2.75) is 32.1 Å². The minimum atomic E-state index is -0.0684. The lowest BCUT2D eigenvalue weighted by Crippen LogP contribution is -2.41. The summed E-state index contributed by atoms with van der Waals surface area (Å²) in [4.78, 5) is 11.6. The fourth-order valence-electron chi connectivity index (χ4n) is 2.30. The van der Waals surface area contributed by atoms with Crippen molar-refractivity contribution in [1.29, 1.82) is 0 Å². The third kappa shape index (κ3) is 5.55. The molecule has 18 heavy (non-hydrogen) atoms. The molecule has 0 aliphatic heterocycles. The van der Waals surface area contributed by atoms with Gasteiger partial charge in [-0.2, -0.15) is 0 Å². The first-order chi connectivity index (χ1) is 8.72. The summed E-state index contributed by atoms with van der Waals surface area (Å²) < 4.78 is 10.0. The fourth-order valence-corrected chi connectivity index (χ4v) is 2.67. The first-order valence-corrected chi connectivity index (χ1v) is 7.15. The van der Waals surface area contributed by atoms with Crippen LogP contribution in [0.4, 0.5) is 0 Å². The summed E-state index contributed by atoms with van der Waals surface area (Å²) >= 11 is 6.07. The van der Waals surface area contributed by atoms with Crippen LogP contribution in [0.1, 0.15) is 32.1 Å². The number of ether oxygens (including phenoxy) is 2. The second kappa shape index (κ2) is 8.73. The molecule has 0 saturated heterocycles. The Morgan fingerprint density at radius 1 is 1.28 bits per heavy atom. The molecule has 0 aromatic rings. The Morgan fingerprint density at radius 2 is 2.00 bits per heavy atom. The highest BCUT2D eigenvalue weighted by Crippen LogP contribution is 2.36. The van der Waals surface area contributed by atoms with Gasteiger partial charge < -0.3 is 14.8 Å². The quantitative estimate of drug-likeness (QED) is 0.545. The van der Waals surface area contributed by atoms with Crippen LogP contribution in [-0.4, -0.2) is 45.3 Å². The number of rotatable bonds is 8. The molecule has 4 nitrogen and oxygen atoms in total. The first-order valence-electron chi connectivity index (χ1n) is 6.62. The molecule has 1 rings (SSSR count). The summed E-state index contributed by atoms with van der Waals surface area (Å²) in [6.07, 6.45) is 5.94. The van der Waals surface area contributed by atoms with Gasteiger partial charge in [0.2, 0.25) is 5.91 Å². The highest BCUT2D eigenvalue weighted by atomic mass is 35.5. The normalized spacial score (nSPS) is 18.6. The van der Waals surface area contributed by atoms with Crippen molar-refractivity contribution in [3.8, 4) is 0 Å². The zero-order chi connectivity index (χ0) is 13.3. The van der Waals surface area contributed by atoms with Gasteiger partial charge in [0.1, 0.15) is 6.61 Å². The van der Waals surface area contributed by atoms with Gasteiger partial charge in [-0.15, -0.1) is 11.6 Å². The number of carbonyl (C=O) groups excluding carboxylic acids is 1. The third-order valence-electron chi connectivity index (χ3n) is 3.52. The summed E-state index contributed by atoms with van der Waals surface area (Å²) in [5.41, 5.74) is 0.0992. The van der Waals surface area contributed by atoms with E-state index in [-0.39, 0.29) is 17.9 Å². The van der Waals surface area contributed by atoms with Crippen molar-refractivity contribution in [2.24, 2.45) is 5.41 Å². The van der Waals surface area contributed by atoms with Crippen LogP contribution < -0.4 is 5.32 Å².